The van der Waals surface area contributed by atoms with E-state index in [2.05, 4.69) is 17.3 Å². The number of rotatable bonds is 3. The van der Waals surface area contributed by atoms with Gasteiger partial charge >= 0.3 is 0 Å². The maximum Gasteiger partial charge on any atom is 0.240 e. The van der Waals surface area contributed by atoms with E-state index in [0.717, 1.165) is 25.9 Å². The second-order valence-corrected chi connectivity index (χ2v) is 6.54. The summed E-state index contributed by atoms with van der Waals surface area (Å²) in [5.41, 5.74) is 6.71. The lowest BCUT2D eigenvalue weighted by Crippen LogP contribution is -2.39. The quantitative estimate of drug-likeness (QED) is 0.698. The Balaban J connectivity index is 2.21. The SMILES string of the molecule is CN1CCCC(Nc2cccc(S(N)(=O)=O)c2N)C1. The van der Waals surface area contributed by atoms with Crippen molar-refractivity contribution in [2.45, 2.75) is 23.8 Å². The second-order valence-electron chi connectivity index (χ2n) is 5.01. The highest BCUT2D eigenvalue weighted by Gasteiger charge is 2.20. The Hall–Kier alpha value is -1.31. The molecule has 0 aliphatic carbocycles. The first kappa shape index (κ1) is 14.1. The third kappa shape index (κ3) is 3.37. The fraction of sp³-hybridized carbons (Fsp3) is 0.500. The Morgan fingerprint density at radius 1 is 1.42 bits per heavy atom. The van der Waals surface area contributed by atoms with Crippen molar-refractivity contribution in [2.24, 2.45) is 5.14 Å². The predicted octanol–water partition coefficient (Wildman–Crippen LogP) is 0.422. The number of hydrogen-bond donors (Lipinski definition) is 3. The van der Waals surface area contributed by atoms with Gasteiger partial charge in [0.25, 0.3) is 0 Å². The van der Waals surface area contributed by atoms with Crippen molar-refractivity contribution in [2.75, 3.05) is 31.2 Å². The molecular weight excluding hydrogens is 264 g/mol. The number of hydrogen-bond acceptors (Lipinski definition) is 5. The summed E-state index contributed by atoms with van der Waals surface area (Å²) in [5, 5.41) is 8.44. The summed E-state index contributed by atoms with van der Waals surface area (Å²) >= 11 is 0. The van der Waals surface area contributed by atoms with Gasteiger partial charge in [0.05, 0.1) is 11.4 Å². The van der Waals surface area contributed by atoms with Crippen LogP contribution in [-0.2, 0) is 10.0 Å². The molecule has 0 bridgehead atoms. The number of benzene rings is 1. The first-order valence-corrected chi connectivity index (χ1v) is 7.79. The first-order valence-electron chi connectivity index (χ1n) is 6.24. The lowest BCUT2D eigenvalue weighted by Gasteiger charge is -2.31. The number of piperidine rings is 1. The number of primary sulfonamides is 1. The average molecular weight is 284 g/mol. The molecule has 0 radical (unpaired) electrons. The van der Waals surface area contributed by atoms with Crippen LogP contribution in [-0.4, -0.2) is 39.5 Å². The minimum Gasteiger partial charge on any atom is -0.396 e. The number of likely N-dealkylation sites (tertiary alicyclic amines) is 1. The number of nitrogens with one attached hydrogen (secondary N) is 1. The van der Waals surface area contributed by atoms with Crippen molar-refractivity contribution in [1.82, 2.24) is 4.90 Å². The fourth-order valence-electron chi connectivity index (χ4n) is 2.42. The molecule has 1 unspecified atom stereocenters. The summed E-state index contributed by atoms with van der Waals surface area (Å²) in [7, 11) is -1.72. The third-order valence-electron chi connectivity index (χ3n) is 3.36. The fourth-order valence-corrected chi connectivity index (χ4v) is 3.11. The monoisotopic (exact) mass is 284 g/mol. The summed E-state index contributed by atoms with van der Waals surface area (Å²) < 4.78 is 22.8. The van der Waals surface area contributed by atoms with Crippen LogP contribution < -0.4 is 16.2 Å². The molecule has 7 heteroatoms. The zero-order valence-corrected chi connectivity index (χ0v) is 11.8. The van der Waals surface area contributed by atoms with Gasteiger partial charge < -0.3 is 16.0 Å². The van der Waals surface area contributed by atoms with Gasteiger partial charge in [0, 0.05) is 12.6 Å². The van der Waals surface area contributed by atoms with Crippen LogP contribution in [0.5, 0.6) is 0 Å². The lowest BCUT2D eigenvalue weighted by molar-refractivity contribution is 0.261. The van der Waals surface area contributed by atoms with Crippen LogP contribution in [0.15, 0.2) is 23.1 Å². The number of para-hydroxylation sites is 1. The summed E-state index contributed by atoms with van der Waals surface area (Å²) in [6.07, 6.45) is 2.16. The van der Waals surface area contributed by atoms with Crippen LogP contribution in [0.4, 0.5) is 11.4 Å². The topological polar surface area (TPSA) is 101 Å². The molecule has 106 valence electrons. The van der Waals surface area contributed by atoms with Gasteiger partial charge in [-0.25, -0.2) is 13.6 Å². The van der Waals surface area contributed by atoms with Crippen molar-refractivity contribution in [3.8, 4) is 0 Å². The third-order valence-corrected chi connectivity index (χ3v) is 4.33. The molecule has 1 aromatic carbocycles. The maximum absolute atomic E-state index is 11.4. The van der Waals surface area contributed by atoms with Gasteiger partial charge in [-0.05, 0) is 38.6 Å². The molecule has 0 saturated carbocycles. The molecular formula is C12H20N4O2S. The smallest absolute Gasteiger partial charge is 0.240 e. The molecule has 2 rings (SSSR count). The zero-order chi connectivity index (χ0) is 14.0. The van der Waals surface area contributed by atoms with E-state index in [4.69, 9.17) is 10.9 Å². The minimum absolute atomic E-state index is 0.0262. The molecule has 1 aliphatic heterocycles. The number of anilines is 2. The zero-order valence-electron chi connectivity index (χ0n) is 11.0. The molecule has 0 amide bonds. The molecule has 1 saturated heterocycles. The second kappa shape index (κ2) is 5.36. The van der Waals surface area contributed by atoms with Crippen LogP contribution in [0.1, 0.15) is 12.8 Å². The lowest BCUT2D eigenvalue weighted by atomic mass is 10.1. The van der Waals surface area contributed by atoms with E-state index >= 15 is 0 Å². The summed E-state index contributed by atoms with van der Waals surface area (Å²) in [5.74, 6) is 0. The van der Waals surface area contributed by atoms with Crippen LogP contribution in [0.25, 0.3) is 0 Å². The Morgan fingerprint density at radius 2 is 2.16 bits per heavy atom. The average Bonchev–Trinajstić information content (AvgIpc) is 2.30. The largest absolute Gasteiger partial charge is 0.396 e. The van der Waals surface area contributed by atoms with Crippen LogP contribution in [0, 0.1) is 0 Å². The van der Waals surface area contributed by atoms with Gasteiger partial charge in [0.1, 0.15) is 4.90 Å². The Morgan fingerprint density at radius 3 is 2.79 bits per heavy atom. The predicted molar refractivity (Wildman–Crippen MR) is 76.4 cm³/mol. The summed E-state index contributed by atoms with van der Waals surface area (Å²) in [6.45, 7) is 2.00. The van der Waals surface area contributed by atoms with E-state index in [1.54, 1.807) is 12.1 Å². The first-order chi connectivity index (χ1) is 8.88. The molecule has 0 spiro atoms. The molecule has 1 fully saturated rings. The molecule has 1 atom stereocenters. The van der Waals surface area contributed by atoms with Crippen LogP contribution in [0.2, 0.25) is 0 Å². The van der Waals surface area contributed by atoms with Crippen LogP contribution >= 0.6 is 0 Å². The highest BCUT2D eigenvalue weighted by Crippen LogP contribution is 2.27. The van der Waals surface area contributed by atoms with Crippen molar-refractivity contribution >= 4 is 21.4 Å². The highest BCUT2D eigenvalue weighted by molar-refractivity contribution is 7.89. The molecule has 1 aliphatic rings. The van der Waals surface area contributed by atoms with E-state index in [-0.39, 0.29) is 16.6 Å². The van der Waals surface area contributed by atoms with Crippen molar-refractivity contribution in [1.29, 1.82) is 0 Å². The Kier molecular flexibility index (Phi) is 3.98. The van der Waals surface area contributed by atoms with Gasteiger partial charge in [-0.3, -0.25) is 0 Å². The summed E-state index contributed by atoms with van der Waals surface area (Å²) in [6, 6.07) is 5.11. The van der Waals surface area contributed by atoms with Gasteiger partial charge in [0.15, 0.2) is 0 Å². The van der Waals surface area contributed by atoms with Gasteiger partial charge in [-0.1, -0.05) is 6.07 Å². The Bertz CT molecular complexity index is 559. The van der Waals surface area contributed by atoms with Crippen LogP contribution in [0.3, 0.4) is 0 Å². The molecule has 1 heterocycles. The van der Waals surface area contributed by atoms with Gasteiger partial charge in [-0.15, -0.1) is 0 Å². The number of sulfonamides is 1. The van der Waals surface area contributed by atoms with Crippen molar-refractivity contribution < 1.29 is 8.42 Å². The van der Waals surface area contributed by atoms with Crippen molar-refractivity contribution in [3.63, 3.8) is 0 Å². The van der Waals surface area contributed by atoms with E-state index in [9.17, 15) is 8.42 Å². The number of nitrogens with two attached hydrogens (primary N) is 2. The molecule has 6 nitrogen and oxygen atoms in total. The molecule has 0 aromatic heterocycles. The molecule has 5 N–H and O–H groups in total. The van der Waals surface area contributed by atoms with E-state index in [1.165, 1.54) is 6.07 Å². The van der Waals surface area contributed by atoms with Gasteiger partial charge in [0.2, 0.25) is 10.0 Å². The Labute approximate surface area is 113 Å². The van der Waals surface area contributed by atoms with E-state index in [1.807, 2.05) is 0 Å². The number of likely N-dealkylation sites (N-methyl/N-ethyl adjacent to an activating group) is 1. The standard InChI is InChI=1S/C12H20N4O2S/c1-16-7-3-4-9(8-16)15-10-5-2-6-11(12(10)13)19(14,17)18/h2,5-6,9,15H,3-4,7-8,13H2,1H3,(H2,14,17,18). The normalized spacial score (nSPS) is 21.3. The van der Waals surface area contributed by atoms with E-state index in [0.29, 0.717) is 5.69 Å². The number of nitrogen functional groups attached to an aromatic ring is 1. The van der Waals surface area contributed by atoms with Crippen molar-refractivity contribution in [3.05, 3.63) is 18.2 Å². The van der Waals surface area contributed by atoms with E-state index < -0.39 is 10.0 Å². The molecule has 19 heavy (non-hydrogen) atoms. The number of nitrogens with zero attached hydrogens (tertiary/aromatic N) is 1. The minimum atomic E-state index is -3.78. The highest BCUT2D eigenvalue weighted by atomic mass is 32.2. The summed E-state index contributed by atoms with van der Waals surface area (Å²) in [4.78, 5) is 2.21. The van der Waals surface area contributed by atoms with Gasteiger partial charge in [-0.2, -0.15) is 0 Å². The molecule has 1 aromatic rings. The maximum atomic E-state index is 11.4.